The van der Waals surface area contributed by atoms with Crippen LogP contribution >= 0.6 is 15.9 Å². The molecule has 1 aromatic heterocycles. The highest BCUT2D eigenvalue weighted by molar-refractivity contribution is 9.10. The van der Waals surface area contributed by atoms with Gasteiger partial charge in [0.2, 0.25) is 0 Å². The molecule has 1 aromatic carbocycles. The number of aryl methyl sites for hydroxylation is 1. The van der Waals surface area contributed by atoms with Gasteiger partial charge in [0.1, 0.15) is 0 Å². The highest BCUT2D eigenvalue weighted by Gasteiger charge is 2.01. The highest BCUT2D eigenvalue weighted by atomic mass is 79.9. The lowest BCUT2D eigenvalue weighted by molar-refractivity contribution is 0.787. The predicted molar refractivity (Wildman–Crippen MR) is 61.6 cm³/mol. The van der Waals surface area contributed by atoms with Crippen molar-refractivity contribution in [2.45, 2.75) is 13.5 Å². The molecule has 0 fully saturated rings. The van der Waals surface area contributed by atoms with E-state index in [9.17, 15) is 4.79 Å². The second-order valence-corrected chi connectivity index (χ2v) is 4.04. The van der Waals surface area contributed by atoms with Crippen LogP contribution < -0.4 is 5.43 Å². The normalized spacial score (nSPS) is 10.7. The summed E-state index contributed by atoms with van der Waals surface area (Å²) < 4.78 is 3.06. The Hall–Kier alpha value is -1.09. The van der Waals surface area contributed by atoms with E-state index in [4.69, 9.17) is 0 Å². The van der Waals surface area contributed by atoms with Gasteiger partial charge in [-0.05, 0) is 25.1 Å². The molecule has 0 radical (unpaired) electrons. The van der Waals surface area contributed by atoms with Crippen molar-refractivity contribution in [1.29, 1.82) is 0 Å². The molecule has 0 spiro atoms. The van der Waals surface area contributed by atoms with Crippen molar-refractivity contribution < 1.29 is 0 Å². The minimum absolute atomic E-state index is 0.0807. The van der Waals surface area contributed by atoms with Gasteiger partial charge < -0.3 is 4.57 Å². The van der Waals surface area contributed by atoms with Gasteiger partial charge >= 0.3 is 0 Å². The molecule has 0 aliphatic heterocycles. The fourth-order valence-electron chi connectivity index (χ4n) is 1.55. The van der Waals surface area contributed by atoms with Crippen LogP contribution in [0.1, 0.15) is 6.92 Å². The molecule has 0 N–H and O–H groups in total. The fraction of sp³-hybridized carbons (Fsp3) is 0.182. The third-order valence-corrected chi connectivity index (χ3v) is 2.77. The first-order valence-corrected chi connectivity index (χ1v) is 5.30. The zero-order valence-corrected chi connectivity index (χ0v) is 9.41. The van der Waals surface area contributed by atoms with Crippen molar-refractivity contribution in [3.05, 3.63) is 45.2 Å². The number of benzene rings is 1. The first-order chi connectivity index (χ1) is 6.72. The Bertz CT molecular complexity index is 530. The van der Waals surface area contributed by atoms with Crippen LogP contribution in [0.15, 0.2) is 39.7 Å². The van der Waals surface area contributed by atoms with Gasteiger partial charge in [-0.15, -0.1) is 0 Å². The molecule has 1 heterocycles. The van der Waals surface area contributed by atoms with Crippen LogP contribution in [0.3, 0.4) is 0 Å². The average Bonchev–Trinajstić information content (AvgIpc) is 2.18. The predicted octanol–water partition coefficient (Wildman–Crippen LogP) is 2.78. The molecular weight excluding hydrogens is 242 g/mol. The van der Waals surface area contributed by atoms with Crippen molar-refractivity contribution >= 4 is 26.8 Å². The molecule has 0 saturated carbocycles. The van der Waals surface area contributed by atoms with Crippen LogP contribution in [0.2, 0.25) is 0 Å². The molecule has 0 saturated heterocycles. The number of fused-ring (bicyclic) bond motifs is 1. The van der Waals surface area contributed by atoms with E-state index in [1.165, 1.54) is 0 Å². The van der Waals surface area contributed by atoms with Gasteiger partial charge in [-0.2, -0.15) is 0 Å². The first kappa shape index (κ1) is 9.46. The van der Waals surface area contributed by atoms with Crippen molar-refractivity contribution in [2.24, 2.45) is 0 Å². The third kappa shape index (κ3) is 1.48. The topological polar surface area (TPSA) is 22.0 Å². The van der Waals surface area contributed by atoms with E-state index in [-0.39, 0.29) is 5.43 Å². The van der Waals surface area contributed by atoms with Crippen LogP contribution in [0, 0.1) is 0 Å². The van der Waals surface area contributed by atoms with Gasteiger partial charge in [-0.1, -0.05) is 15.9 Å². The van der Waals surface area contributed by atoms with Crippen LogP contribution in [0.25, 0.3) is 10.9 Å². The number of hydrogen-bond donors (Lipinski definition) is 0. The summed E-state index contributed by atoms with van der Waals surface area (Å²) in [5, 5.41) is 0.776. The standard InChI is InChI=1S/C11H10BrNO/c1-2-13-6-5-11(14)9-4-3-8(12)7-10(9)13/h3-7H,2H2,1H3. The largest absolute Gasteiger partial charge is 0.347 e. The SMILES string of the molecule is CCn1ccc(=O)c2ccc(Br)cc21. The molecule has 0 aliphatic rings. The van der Waals surface area contributed by atoms with Gasteiger partial charge in [0.25, 0.3) is 0 Å². The number of pyridine rings is 1. The number of aromatic nitrogens is 1. The van der Waals surface area contributed by atoms with E-state index in [1.807, 2.05) is 24.4 Å². The Morgan fingerprint density at radius 2 is 2.14 bits per heavy atom. The monoisotopic (exact) mass is 251 g/mol. The zero-order valence-electron chi connectivity index (χ0n) is 7.83. The van der Waals surface area contributed by atoms with E-state index in [2.05, 4.69) is 27.4 Å². The Labute approximate surface area is 90.3 Å². The lowest BCUT2D eigenvalue weighted by atomic mass is 10.2. The fourth-order valence-corrected chi connectivity index (χ4v) is 1.90. The van der Waals surface area contributed by atoms with Gasteiger partial charge in [0.05, 0.1) is 5.52 Å². The number of rotatable bonds is 1. The summed E-state index contributed by atoms with van der Waals surface area (Å²) in [4.78, 5) is 11.5. The second-order valence-electron chi connectivity index (χ2n) is 3.13. The van der Waals surface area contributed by atoms with Gasteiger partial charge in [-0.25, -0.2) is 0 Å². The van der Waals surface area contributed by atoms with E-state index in [0.717, 1.165) is 21.9 Å². The molecule has 0 unspecified atom stereocenters. The number of halogens is 1. The molecule has 14 heavy (non-hydrogen) atoms. The molecule has 0 bridgehead atoms. The van der Waals surface area contributed by atoms with Crippen molar-refractivity contribution in [3.63, 3.8) is 0 Å². The summed E-state index contributed by atoms with van der Waals surface area (Å²) >= 11 is 3.40. The quantitative estimate of drug-likeness (QED) is 0.764. The second kappa shape index (κ2) is 3.58. The van der Waals surface area contributed by atoms with Gasteiger partial charge in [0.15, 0.2) is 5.43 Å². The van der Waals surface area contributed by atoms with Crippen molar-refractivity contribution in [1.82, 2.24) is 4.57 Å². The molecule has 2 aromatic rings. The summed E-state index contributed by atoms with van der Waals surface area (Å²) in [5.41, 5.74) is 1.06. The van der Waals surface area contributed by atoms with Crippen LogP contribution in [0.5, 0.6) is 0 Å². The van der Waals surface area contributed by atoms with E-state index in [1.54, 1.807) is 6.07 Å². The minimum atomic E-state index is 0.0807. The maximum Gasteiger partial charge on any atom is 0.189 e. The number of nitrogens with zero attached hydrogens (tertiary/aromatic N) is 1. The first-order valence-electron chi connectivity index (χ1n) is 4.51. The molecule has 2 nitrogen and oxygen atoms in total. The molecule has 0 amide bonds. The molecule has 3 heteroatoms. The van der Waals surface area contributed by atoms with E-state index in [0.29, 0.717) is 0 Å². The molecule has 0 aliphatic carbocycles. The minimum Gasteiger partial charge on any atom is -0.347 e. The van der Waals surface area contributed by atoms with Crippen molar-refractivity contribution in [2.75, 3.05) is 0 Å². The Kier molecular flexibility index (Phi) is 2.42. The maximum atomic E-state index is 11.5. The zero-order chi connectivity index (χ0) is 10.1. The third-order valence-electron chi connectivity index (χ3n) is 2.28. The van der Waals surface area contributed by atoms with Crippen LogP contribution in [-0.2, 0) is 6.54 Å². The lowest BCUT2D eigenvalue weighted by Crippen LogP contribution is -2.06. The maximum absolute atomic E-state index is 11.5. The molecule has 2 rings (SSSR count). The van der Waals surface area contributed by atoms with E-state index >= 15 is 0 Å². The van der Waals surface area contributed by atoms with E-state index < -0.39 is 0 Å². The Morgan fingerprint density at radius 1 is 1.36 bits per heavy atom. The summed E-state index contributed by atoms with van der Waals surface area (Å²) in [6.45, 7) is 2.93. The highest BCUT2D eigenvalue weighted by Crippen LogP contribution is 2.16. The van der Waals surface area contributed by atoms with Crippen molar-refractivity contribution in [3.8, 4) is 0 Å². The molecule has 72 valence electrons. The summed E-state index contributed by atoms with van der Waals surface area (Å²) in [6.07, 6.45) is 1.83. The molecular formula is C11H10BrNO. The Balaban J connectivity index is 2.92. The number of hydrogen-bond acceptors (Lipinski definition) is 1. The summed E-state index contributed by atoms with van der Waals surface area (Å²) in [6, 6.07) is 7.33. The van der Waals surface area contributed by atoms with Gasteiger partial charge in [0, 0.05) is 28.7 Å². The molecule has 0 atom stereocenters. The summed E-state index contributed by atoms with van der Waals surface area (Å²) in [5.74, 6) is 0. The summed E-state index contributed by atoms with van der Waals surface area (Å²) in [7, 11) is 0. The smallest absolute Gasteiger partial charge is 0.189 e. The lowest BCUT2D eigenvalue weighted by Gasteiger charge is -2.07. The average molecular weight is 252 g/mol. The van der Waals surface area contributed by atoms with Crippen LogP contribution in [0.4, 0.5) is 0 Å². The van der Waals surface area contributed by atoms with Gasteiger partial charge in [-0.3, -0.25) is 4.79 Å². The Morgan fingerprint density at radius 3 is 2.86 bits per heavy atom. The van der Waals surface area contributed by atoms with Crippen LogP contribution in [-0.4, -0.2) is 4.57 Å².